The lowest BCUT2D eigenvalue weighted by Gasteiger charge is -2.23. The van der Waals surface area contributed by atoms with Crippen molar-refractivity contribution in [2.75, 3.05) is 19.6 Å². The quantitative estimate of drug-likeness (QED) is 0.0909. The molecule has 2 N–H and O–H groups in total. The number of carbonyl (C=O) groups is 2. The molecule has 6 rings (SSSR count). The van der Waals surface area contributed by atoms with Crippen molar-refractivity contribution < 1.29 is 23.8 Å². The van der Waals surface area contributed by atoms with Crippen LogP contribution >= 0.6 is 0 Å². The Morgan fingerprint density at radius 3 is 2.05 bits per heavy atom. The van der Waals surface area contributed by atoms with Gasteiger partial charge in [-0.2, -0.15) is 0 Å². The Balaban J connectivity index is 1.17. The first-order valence-electron chi connectivity index (χ1n) is 19.2. The number of H-pyrrole nitrogens is 1. The molecule has 0 aliphatic heterocycles. The van der Waals surface area contributed by atoms with E-state index in [-0.39, 0.29) is 12.7 Å². The van der Waals surface area contributed by atoms with E-state index in [0.717, 1.165) is 81.4 Å². The normalized spacial score (nSPS) is 11.0. The van der Waals surface area contributed by atoms with Crippen molar-refractivity contribution in [3.8, 4) is 22.8 Å². The highest BCUT2D eigenvalue weighted by Crippen LogP contribution is 2.34. The summed E-state index contributed by atoms with van der Waals surface area (Å²) in [4.78, 5) is 31.6. The van der Waals surface area contributed by atoms with Gasteiger partial charge in [0.2, 0.25) is 0 Å². The lowest BCUT2D eigenvalue weighted by molar-refractivity contribution is 0.0959. The summed E-state index contributed by atoms with van der Waals surface area (Å²) in [5.41, 5.74) is 9.67. The number of hydrogen-bond acceptors (Lipinski definition) is 5. The minimum atomic E-state index is -0.479. The molecule has 1 heterocycles. The molecule has 0 spiro atoms. The number of aromatic amines is 1. The van der Waals surface area contributed by atoms with Gasteiger partial charge in [0.15, 0.2) is 0 Å². The van der Waals surface area contributed by atoms with E-state index in [1.54, 1.807) is 6.07 Å². The second kappa shape index (κ2) is 19.3. The van der Waals surface area contributed by atoms with Crippen LogP contribution in [-0.4, -0.2) is 41.7 Å². The third-order valence-electron chi connectivity index (χ3n) is 9.53. The van der Waals surface area contributed by atoms with Crippen LogP contribution in [0, 0.1) is 13.8 Å². The lowest BCUT2D eigenvalue weighted by atomic mass is 9.99. The first-order chi connectivity index (χ1) is 26.8. The average molecular weight is 738 g/mol. The van der Waals surface area contributed by atoms with E-state index in [9.17, 15) is 9.59 Å². The zero-order chi connectivity index (χ0) is 38.4. The molecular formula is C47H51N3O5. The summed E-state index contributed by atoms with van der Waals surface area (Å²) in [6.07, 6.45) is 3.18. The molecular weight excluding hydrogens is 687 g/mol. The van der Waals surface area contributed by atoms with Gasteiger partial charge in [-0.05, 0) is 116 Å². The molecule has 1 aromatic heterocycles. The molecule has 0 atom stereocenters. The maximum atomic E-state index is 13.7. The number of rotatable bonds is 17. The maximum absolute atomic E-state index is 13.7. The number of nitrogens with zero attached hydrogens (tertiary/aromatic N) is 1. The summed E-state index contributed by atoms with van der Waals surface area (Å²) < 4.78 is 17.5. The number of benzene rings is 5. The SMILES string of the molecule is CCCNC(=O)Oc1ccc2[nH]c(-c3cc(C)cc(C)c3)c(CCN(CCCCc3ccc(OCc4ccccc4)cc3)C(=O)OCc3ccccc3)c2c1. The van der Waals surface area contributed by atoms with Gasteiger partial charge >= 0.3 is 12.2 Å². The van der Waals surface area contributed by atoms with Crippen LogP contribution in [0.3, 0.4) is 0 Å². The van der Waals surface area contributed by atoms with E-state index in [1.807, 2.05) is 84.6 Å². The maximum Gasteiger partial charge on any atom is 0.412 e. The molecule has 55 heavy (non-hydrogen) atoms. The molecule has 0 radical (unpaired) electrons. The summed E-state index contributed by atoms with van der Waals surface area (Å²) in [7, 11) is 0. The van der Waals surface area contributed by atoms with Gasteiger partial charge in [-0.1, -0.05) is 96.9 Å². The number of carbonyl (C=O) groups excluding carboxylic acids is 2. The molecule has 6 aromatic rings. The molecule has 0 aliphatic rings. The number of unbranched alkanes of at least 4 members (excludes halogenated alkanes) is 1. The van der Waals surface area contributed by atoms with Crippen molar-refractivity contribution in [2.24, 2.45) is 0 Å². The fraction of sp³-hybridized carbons (Fsp3) is 0.277. The van der Waals surface area contributed by atoms with Gasteiger partial charge in [0.25, 0.3) is 0 Å². The monoisotopic (exact) mass is 737 g/mol. The standard InChI is InChI=1S/C47H51N3O5/c1-4-25-48-46(51)55-41-22-23-44-43(31-41)42(45(49-44)39-29-34(2)28-35(3)30-39)24-27-50(47(52)54-33-38-16-9-6-10-17-38)26-12-11-13-36-18-20-40(21-19-36)53-32-37-14-7-5-8-15-37/h5-10,14-23,28-31,49H,4,11-13,24-27,32-33H2,1-3H3,(H,48,51). The molecule has 284 valence electrons. The van der Waals surface area contributed by atoms with Crippen LogP contribution in [0.2, 0.25) is 0 Å². The Labute approximate surface area is 324 Å². The van der Waals surface area contributed by atoms with Crippen molar-refractivity contribution in [2.45, 2.75) is 66.1 Å². The number of hydrogen-bond donors (Lipinski definition) is 2. The Morgan fingerprint density at radius 2 is 1.36 bits per heavy atom. The second-order valence-electron chi connectivity index (χ2n) is 14.0. The van der Waals surface area contributed by atoms with Crippen molar-refractivity contribution in [1.29, 1.82) is 0 Å². The van der Waals surface area contributed by atoms with Crippen LogP contribution in [0.5, 0.6) is 11.5 Å². The van der Waals surface area contributed by atoms with E-state index < -0.39 is 6.09 Å². The van der Waals surface area contributed by atoms with Crippen molar-refractivity contribution in [1.82, 2.24) is 15.2 Å². The van der Waals surface area contributed by atoms with E-state index in [1.165, 1.54) is 5.56 Å². The van der Waals surface area contributed by atoms with Crippen LogP contribution in [-0.2, 0) is 30.8 Å². The first kappa shape index (κ1) is 38.7. The minimum absolute atomic E-state index is 0.205. The van der Waals surface area contributed by atoms with Crippen LogP contribution < -0.4 is 14.8 Å². The summed E-state index contributed by atoms with van der Waals surface area (Å²) in [6.45, 7) is 8.47. The summed E-state index contributed by atoms with van der Waals surface area (Å²) >= 11 is 0. The highest BCUT2D eigenvalue weighted by molar-refractivity contribution is 5.92. The van der Waals surface area contributed by atoms with E-state index in [2.05, 4.69) is 66.6 Å². The largest absolute Gasteiger partial charge is 0.489 e. The molecule has 8 nitrogen and oxygen atoms in total. The van der Waals surface area contributed by atoms with Crippen molar-refractivity contribution in [3.63, 3.8) is 0 Å². The molecule has 0 unspecified atom stereocenters. The van der Waals surface area contributed by atoms with E-state index in [4.69, 9.17) is 14.2 Å². The molecule has 2 amide bonds. The lowest BCUT2D eigenvalue weighted by Crippen LogP contribution is -2.34. The number of amides is 2. The molecule has 0 aliphatic carbocycles. The smallest absolute Gasteiger partial charge is 0.412 e. The highest BCUT2D eigenvalue weighted by Gasteiger charge is 2.20. The number of fused-ring (bicyclic) bond motifs is 1. The molecule has 0 fully saturated rings. The molecule has 0 saturated heterocycles. The van der Waals surface area contributed by atoms with Crippen molar-refractivity contribution in [3.05, 3.63) is 155 Å². The van der Waals surface area contributed by atoms with Gasteiger partial charge in [0.1, 0.15) is 24.7 Å². The zero-order valence-electron chi connectivity index (χ0n) is 32.1. The Hall–Kier alpha value is -6.02. The van der Waals surface area contributed by atoms with Crippen LogP contribution in [0.4, 0.5) is 9.59 Å². The number of aromatic nitrogens is 1. The number of nitrogens with one attached hydrogen (secondary N) is 2. The predicted molar refractivity (Wildman–Crippen MR) is 220 cm³/mol. The molecule has 8 heteroatoms. The Kier molecular flexibility index (Phi) is 13.6. The van der Waals surface area contributed by atoms with Crippen molar-refractivity contribution >= 4 is 23.1 Å². The van der Waals surface area contributed by atoms with Gasteiger partial charge < -0.3 is 29.4 Å². The Morgan fingerprint density at radius 1 is 0.691 bits per heavy atom. The van der Waals surface area contributed by atoms with Crippen LogP contribution in [0.15, 0.2) is 121 Å². The zero-order valence-corrected chi connectivity index (χ0v) is 32.1. The highest BCUT2D eigenvalue weighted by atomic mass is 16.6. The van der Waals surface area contributed by atoms with Crippen LogP contribution in [0.25, 0.3) is 22.2 Å². The van der Waals surface area contributed by atoms with Gasteiger partial charge in [-0.25, -0.2) is 9.59 Å². The fourth-order valence-electron chi connectivity index (χ4n) is 6.76. The third-order valence-corrected chi connectivity index (χ3v) is 9.53. The molecule has 0 saturated carbocycles. The van der Waals surface area contributed by atoms with Gasteiger partial charge in [-0.3, -0.25) is 0 Å². The van der Waals surface area contributed by atoms with Gasteiger partial charge in [-0.15, -0.1) is 0 Å². The summed E-state index contributed by atoms with van der Waals surface area (Å²) in [5.74, 6) is 1.30. The predicted octanol–water partition coefficient (Wildman–Crippen LogP) is 10.7. The second-order valence-corrected chi connectivity index (χ2v) is 14.0. The van der Waals surface area contributed by atoms with Gasteiger partial charge in [0, 0.05) is 36.2 Å². The number of ether oxygens (including phenoxy) is 3. The van der Waals surface area contributed by atoms with Crippen LogP contribution in [0.1, 0.15) is 59.6 Å². The summed E-state index contributed by atoms with van der Waals surface area (Å²) in [5, 5.41) is 3.73. The molecule has 0 bridgehead atoms. The van der Waals surface area contributed by atoms with Gasteiger partial charge in [0.05, 0.1) is 0 Å². The Bertz CT molecular complexity index is 2130. The van der Waals surface area contributed by atoms with E-state index in [0.29, 0.717) is 38.4 Å². The van der Waals surface area contributed by atoms with E-state index >= 15 is 0 Å². The minimum Gasteiger partial charge on any atom is -0.489 e. The topological polar surface area (TPSA) is 92.9 Å². The molecule has 5 aromatic carbocycles. The first-order valence-corrected chi connectivity index (χ1v) is 19.2. The number of aryl methyl sites for hydroxylation is 3. The average Bonchev–Trinajstić information content (AvgIpc) is 3.56. The third kappa shape index (κ3) is 11.2. The fourth-order valence-corrected chi connectivity index (χ4v) is 6.76. The summed E-state index contributed by atoms with van der Waals surface area (Å²) in [6, 6.07) is 40.3.